The first-order chi connectivity index (χ1) is 20.1. The summed E-state index contributed by atoms with van der Waals surface area (Å²) in [5, 5.41) is 7.86. The van der Waals surface area contributed by atoms with Gasteiger partial charge in [-0.05, 0) is 35.4 Å². The van der Waals surface area contributed by atoms with E-state index in [1.807, 2.05) is 0 Å². The Balaban J connectivity index is 1.61. The molecule has 12 heteroatoms. The maximum Gasteiger partial charge on any atom is 0.315 e. The standard InChI is InChI=1S/C30H28Cl2N2O8/c1-39-23(35)27-17(13-5-9-15(31)10-6-13)28(24(36)40-2)21-30(26(38)42-4)18(14-7-11-16(32)12-8-14)29(19(27)33-21,25(37)41-3)20(27)34-22(28)30/h5-12,17-22,33-34H,1-4H3. The second kappa shape index (κ2) is 8.69. The maximum atomic E-state index is 14.2. The molecule has 0 aromatic heterocycles. The van der Waals surface area contributed by atoms with E-state index in [4.69, 9.17) is 42.1 Å². The van der Waals surface area contributed by atoms with E-state index >= 15 is 0 Å². The highest BCUT2D eigenvalue weighted by molar-refractivity contribution is 6.30. The van der Waals surface area contributed by atoms with Crippen LogP contribution in [0.3, 0.4) is 0 Å². The molecule has 42 heavy (non-hydrogen) atoms. The summed E-state index contributed by atoms with van der Waals surface area (Å²) in [5.41, 5.74) is -4.61. The van der Waals surface area contributed by atoms with Crippen molar-refractivity contribution in [2.24, 2.45) is 21.7 Å². The zero-order chi connectivity index (χ0) is 30.0. The summed E-state index contributed by atoms with van der Waals surface area (Å²) in [6.07, 6.45) is 0. The molecule has 2 N–H and O–H groups in total. The maximum absolute atomic E-state index is 14.2. The van der Waals surface area contributed by atoms with E-state index in [1.165, 1.54) is 28.4 Å². The van der Waals surface area contributed by atoms with E-state index in [2.05, 4.69) is 10.6 Å². The van der Waals surface area contributed by atoms with Gasteiger partial charge in [0.2, 0.25) is 0 Å². The van der Waals surface area contributed by atoms with Crippen molar-refractivity contribution < 1.29 is 38.1 Å². The van der Waals surface area contributed by atoms with Gasteiger partial charge in [-0.15, -0.1) is 0 Å². The van der Waals surface area contributed by atoms with Gasteiger partial charge < -0.3 is 29.6 Å². The Morgan fingerprint density at radius 3 is 0.976 bits per heavy atom. The van der Waals surface area contributed by atoms with Crippen molar-refractivity contribution in [1.29, 1.82) is 0 Å². The monoisotopic (exact) mass is 614 g/mol. The van der Waals surface area contributed by atoms with Crippen LogP contribution in [0.15, 0.2) is 48.5 Å². The Labute approximate surface area is 251 Å². The molecule has 0 amide bonds. The van der Waals surface area contributed by atoms with Gasteiger partial charge in [-0.25, -0.2) is 0 Å². The Hall–Kier alpha value is -3.18. The molecule has 0 unspecified atom stereocenters. The van der Waals surface area contributed by atoms with Crippen LogP contribution in [0, 0.1) is 21.7 Å². The molecular formula is C30H28Cl2N2O8. The lowest BCUT2D eigenvalue weighted by Crippen LogP contribution is -3.09. The van der Waals surface area contributed by atoms with Crippen molar-refractivity contribution in [3.05, 3.63) is 69.7 Å². The van der Waals surface area contributed by atoms with Crippen LogP contribution in [0.4, 0.5) is 0 Å². The molecule has 6 aliphatic rings. The number of ether oxygens (including phenoxy) is 4. The van der Waals surface area contributed by atoms with Gasteiger partial charge in [-0.3, -0.25) is 19.2 Å². The molecule has 0 radical (unpaired) electrons. The number of piperidine rings is 4. The fraction of sp³-hybridized carbons (Fsp3) is 0.467. The second-order valence-corrected chi connectivity index (χ2v) is 12.6. The van der Waals surface area contributed by atoms with E-state index in [-0.39, 0.29) is 0 Å². The summed E-state index contributed by atoms with van der Waals surface area (Å²) in [6, 6.07) is 10.2. The number of halogens is 2. The summed E-state index contributed by atoms with van der Waals surface area (Å²) in [7, 11) is 5.11. The summed E-state index contributed by atoms with van der Waals surface area (Å²) in [6.45, 7) is 0. The Morgan fingerprint density at radius 2 is 0.762 bits per heavy atom. The normalized spacial score (nSPS) is 41.2. The number of hydrogen-bond donors (Lipinski definition) is 2. The van der Waals surface area contributed by atoms with E-state index in [0.29, 0.717) is 21.2 Å². The quantitative estimate of drug-likeness (QED) is 0.369. The molecule has 8 bridgehead atoms. The van der Waals surface area contributed by atoms with Crippen LogP contribution in [0.5, 0.6) is 0 Å². The van der Waals surface area contributed by atoms with Gasteiger partial charge in [-0.1, -0.05) is 47.5 Å². The van der Waals surface area contributed by atoms with E-state index < -0.39 is 81.5 Å². The van der Waals surface area contributed by atoms with E-state index in [0.717, 1.165) is 0 Å². The number of benzene rings is 2. The minimum atomic E-state index is -1.47. The molecule has 6 fully saturated rings. The Kier molecular flexibility index (Phi) is 5.72. The van der Waals surface area contributed by atoms with Gasteiger partial charge in [-0.2, -0.15) is 0 Å². The first-order valence-corrected chi connectivity index (χ1v) is 14.2. The number of esters is 4. The van der Waals surface area contributed by atoms with E-state index in [9.17, 15) is 19.2 Å². The minimum absolute atomic E-state index is 0.466. The summed E-state index contributed by atoms with van der Waals surface area (Å²) < 4.78 is 21.9. The van der Waals surface area contributed by atoms with Crippen molar-refractivity contribution in [3.63, 3.8) is 0 Å². The minimum Gasteiger partial charge on any atom is -0.468 e. The summed E-state index contributed by atoms with van der Waals surface area (Å²) >= 11 is 12.5. The molecule has 10 nitrogen and oxygen atoms in total. The first-order valence-electron chi connectivity index (χ1n) is 13.5. The Morgan fingerprint density at radius 1 is 0.524 bits per heavy atom. The Bertz CT molecular complexity index is 1340. The molecule has 2 aromatic carbocycles. The zero-order valence-corrected chi connectivity index (χ0v) is 24.6. The number of carbonyl (C=O) groups is 4. The fourth-order valence-electron chi connectivity index (χ4n) is 10.2. The van der Waals surface area contributed by atoms with Crippen molar-refractivity contribution >= 4 is 47.1 Å². The van der Waals surface area contributed by atoms with Crippen LogP contribution in [-0.2, 0) is 38.1 Å². The van der Waals surface area contributed by atoms with Crippen molar-refractivity contribution in [1.82, 2.24) is 10.6 Å². The molecule has 8 rings (SSSR count). The molecule has 4 saturated heterocycles. The van der Waals surface area contributed by atoms with Crippen LogP contribution < -0.4 is 10.6 Å². The highest BCUT2D eigenvalue weighted by atomic mass is 35.5. The molecule has 4 heterocycles. The molecule has 2 aromatic rings. The number of rotatable bonds is 6. The lowest BCUT2D eigenvalue weighted by atomic mass is 9.16. The van der Waals surface area contributed by atoms with Gasteiger partial charge in [0.1, 0.15) is 21.7 Å². The average Bonchev–Trinajstić information content (AvgIpc) is 2.98. The van der Waals surface area contributed by atoms with E-state index in [1.54, 1.807) is 48.5 Å². The average molecular weight is 615 g/mol. The van der Waals surface area contributed by atoms with Crippen LogP contribution in [0.1, 0.15) is 23.0 Å². The largest absolute Gasteiger partial charge is 0.468 e. The van der Waals surface area contributed by atoms with Gasteiger partial charge in [0.25, 0.3) is 0 Å². The summed E-state index contributed by atoms with van der Waals surface area (Å²) in [5.74, 6) is -4.13. The predicted octanol–water partition coefficient (Wildman–Crippen LogP) is 2.22. The van der Waals surface area contributed by atoms with Crippen LogP contribution in [0.25, 0.3) is 0 Å². The molecule has 2 saturated carbocycles. The number of carbonyl (C=O) groups excluding carboxylic acids is 4. The number of methoxy groups -OCH3 is 4. The molecule has 0 atom stereocenters. The third kappa shape index (κ3) is 2.52. The number of hydrogen-bond acceptors (Lipinski definition) is 10. The van der Waals surface area contributed by atoms with Crippen molar-refractivity contribution in [2.45, 2.75) is 36.0 Å². The zero-order valence-electron chi connectivity index (χ0n) is 23.1. The van der Waals surface area contributed by atoms with Gasteiger partial charge in [0.05, 0.1) is 28.4 Å². The fourth-order valence-corrected chi connectivity index (χ4v) is 10.4. The topological polar surface area (TPSA) is 129 Å². The van der Waals surface area contributed by atoms with Gasteiger partial charge in [0, 0.05) is 46.0 Å². The van der Waals surface area contributed by atoms with Crippen LogP contribution >= 0.6 is 23.2 Å². The van der Waals surface area contributed by atoms with Crippen LogP contribution in [-0.4, -0.2) is 76.5 Å². The molecule has 2 aliphatic carbocycles. The van der Waals surface area contributed by atoms with Crippen LogP contribution in [0.2, 0.25) is 10.0 Å². The lowest BCUT2D eigenvalue weighted by Gasteiger charge is -2.91. The third-order valence-electron chi connectivity index (χ3n) is 11.0. The SMILES string of the molecule is COC(=O)C12C3NC4C(C(=O)OC)(C5NC1C3(C(=O)OC)C(c1ccc(Cl)cc1)C45C(=O)OC)C2c1ccc(Cl)cc1. The molecule has 220 valence electrons. The van der Waals surface area contributed by atoms with Gasteiger partial charge >= 0.3 is 23.9 Å². The number of nitrogens with one attached hydrogen (secondary N) is 2. The molecular weight excluding hydrogens is 587 g/mol. The highest BCUT2D eigenvalue weighted by Crippen LogP contribution is 2.88. The second-order valence-electron chi connectivity index (χ2n) is 11.7. The first kappa shape index (κ1) is 27.6. The molecule has 4 aliphatic heterocycles. The highest BCUT2D eigenvalue weighted by Gasteiger charge is 3.03. The molecule has 0 spiro atoms. The lowest BCUT2D eigenvalue weighted by molar-refractivity contribution is -0.365. The summed E-state index contributed by atoms with van der Waals surface area (Å²) in [4.78, 5) is 56.8. The smallest absolute Gasteiger partial charge is 0.315 e. The predicted molar refractivity (Wildman–Crippen MR) is 148 cm³/mol. The van der Waals surface area contributed by atoms with Gasteiger partial charge in [0.15, 0.2) is 0 Å². The van der Waals surface area contributed by atoms with Crippen molar-refractivity contribution in [3.8, 4) is 0 Å². The third-order valence-corrected chi connectivity index (χ3v) is 11.5. The van der Waals surface area contributed by atoms with Crippen molar-refractivity contribution in [2.75, 3.05) is 28.4 Å².